The smallest absolute Gasteiger partial charge is 0.116 e. The summed E-state index contributed by atoms with van der Waals surface area (Å²) in [5.41, 5.74) is 0.472. The van der Waals surface area contributed by atoms with Crippen molar-refractivity contribution in [2.75, 3.05) is 0 Å². The molecule has 0 heterocycles. The summed E-state index contributed by atoms with van der Waals surface area (Å²) in [6, 6.07) is 4.51. The van der Waals surface area contributed by atoms with Crippen molar-refractivity contribution in [1.82, 2.24) is 0 Å². The van der Waals surface area contributed by atoms with E-state index >= 15 is 0 Å². The maximum absolute atomic E-state index is 12.0. The molecule has 0 bridgehead atoms. The molecule has 0 saturated carbocycles. The van der Waals surface area contributed by atoms with Crippen molar-refractivity contribution in [1.29, 1.82) is 0 Å². The Morgan fingerprint density at radius 1 is 1.50 bits per heavy atom. The zero-order valence-corrected chi connectivity index (χ0v) is 6.73. The van der Waals surface area contributed by atoms with Gasteiger partial charge in [-0.15, -0.1) is 0 Å². The van der Waals surface area contributed by atoms with E-state index in [2.05, 4.69) is 15.9 Å². The fraction of sp³-hybridized carbons (Fsp3) is 0.143. The molecule has 0 radical (unpaired) electrons. The summed E-state index contributed by atoms with van der Waals surface area (Å²) in [5, 5.41) is 8.88. The van der Waals surface area contributed by atoms with Crippen LogP contribution in [0.5, 0.6) is 5.75 Å². The quantitative estimate of drug-likeness (QED) is 0.746. The molecule has 0 aliphatic carbocycles. The summed E-state index contributed by atoms with van der Waals surface area (Å²) in [5.74, 6) is 0.0934. The number of hydrogen-bond donors (Lipinski definition) is 1. The number of aromatic hydroxyl groups is 1. The number of benzene rings is 1. The first-order valence-corrected chi connectivity index (χ1v) is 3.56. The normalized spacial score (nSPS) is 9.80. The standard InChI is InChI=1S/C7H6BrFO/c8-7-2-1-6(10)3-5(7)4-9/h1-3,10H,4H2. The molecule has 0 aliphatic rings. The Hall–Kier alpha value is -0.570. The van der Waals surface area contributed by atoms with Crippen LogP contribution in [0.3, 0.4) is 0 Å². The second-order valence-electron chi connectivity index (χ2n) is 1.91. The molecule has 0 fully saturated rings. The third kappa shape index (κ3) is 1.48. The first-order valence-electron chi connectivity index (χ1n) is 2.77. The van der Waals surface area contributed by atoms with Crippen molar-refractivity contribution in [3.05, 3.63) is 28.2 Å². The Morgan fingerprint density at radius 2 is 2.20 bits per heavy atom. The number of hydrogen-bond acceptors (Lipinski definition) is 1. The van der Waals surface area contributed by atoms with Gasteiger partial charge in [0.25, 0.3) is 0 Å². The van der Waals surface area contributed by atoms with Gasteiger partial charge in [0.1, 0.15) is 12.4 Å². The average molecular weight is 205 g/mol. The van der Waals surface area contributed by atoms with E-state index in [1.807, 2.05) is 0 Å². The molecule has 0 amide bonds. The van der Waals surface area contributed by atoms with E-state index in [1.54, 1.807) is 6.07 Å². The number of alkyl halides is 1. The van der Waals surface area contributed by atoms with Crippen molar-refractivity contribution in [2.24, 2.45) is 0 Å². The van der Waals surface area contributed by atoms with Gasteiger partial charge in [0.15, 0.2) is 0 Å². The first-order chi connectivity index (χ1) is 4.74. The van der Waals surface area contributed by atoms with Gasteiger partial charge in [0, 0.05) is 10.0 Å². The Labute approximate surface area is 66.6 Å². The Balaban J connectivity index is 3.09. The van der Waals surface area contributed by atoms with Gasteiger partial charge in [-0.1, -0.05) is 15.9 Å². The molecular formula is C7H6BrFO. The molecule has 1 aromatic rings. The van der Waals surface area contributed by atoms with Crippen LogP contribution in [0.25, 0.3) is 0 Å². The van der Waals surface area contributed by atoms with Gasteiger partial charge < -0.3 is 5.11 Å². The number of halogens is 2. The van der Waals surface area contributed by atoms with Crippen molar-refractivity contribution in [3.8, 4) is 5.75 Å². The van der Waals surface area contributed by atoms with Crippen LogP contribution in [0.4, 0.5) is 4.39 Å². The van der Waals surface area contributed by atoms with Gasteiger partial charge in [-0.3, -0.25) is 0 Å². The van der Waals surface area contributed by atoms with Gasteiger partial charge in [0.05, 0.1) is 0 Å². The Morgan fingerprint density at radius 3 is 2.70 bits per heavy atom. The lowest BCUT2D eigenvalue weighted by atomic mass is 10.2. The fourth-order valence-corrected chi connectivity index (χ4v) is 1.02. The molecule has 1 aromatic carbocycles. The highest BCUT2D eigenvalue weighted by Crippen LogP contribution is 2.21. The predicted octanol–water partition coefficient (Wildman–Crippen LogP) is 2.62. The minimum atomic E-state index is -0.561. The number of phenols is 1. The summed E-state index contributed by atoms with van der Waals surface area (Å²) >= 11 is 3.14. The minimum absolute atomic E-state index is 0.0934. The SMILES string of the molecule is Oc1ccc(Br)c(CF)c1. The Bertz CT molecular complexity index is 237. The topological polar surface area (TPSA) is 20.2 Å². The van der Waals surface area contributed by atoms with E-state index in [0.717, 1.165) is 0 Å². The lowest BCUT2D eigenvalue weighted by molar-refractivity contribution is 0.462. The fourth-order valence-electron chi connectivity index (χ4n) is 0.664. The molecule has 1 rings (SSSR count). The van der Waals surface area contributed by atoms with E-state index in [0.29, 0.717) is 10.0 Å². The van der Waals surface area contributed by atoms with Crippen molar-refractivity contribution in [2.45, 2.75) is 6.67 Å². The summed E-state index contributed by atoms with van der Waals surface area (Å²) in [6.07, 6.45) is 0. The average Bonchev–Trinajstić information content (AvgIpc) is 1.94. The molecule has 0 spiro atoms. The van der Waals surface area contributed by atoms with Crippen molar-refractivity contribution < 1.29 is 9.50 Å². The van der Waals surface area contributed by atoms with Crippen LogP contribution in [0, 0.1) is 0 Å². The molecule has 54 valence electrons. The zero-order valence-electron chi connectivity index (χ0n) is 5.14. The second kappa shape index (κ2) is 3.01. The molecular weight excluding hydrogens is 199 g/mol. The molecule has 0 aromatic heterocycles. The lowest BCUT2D eigenvalue weighted by Gasteiger charge is -1.98. The van der Waals surface area contributed by atoms with Crippen LogP contribution >= 0.6 is 15.9 Å². The van der Waals surface area contributed by atoms with E-state index in [9.17, 15) is 4.39 Å². The molecule has 0 aliphatic heterocycles. The van der Waals surface area contributed by atoms with Crippen molar-refractivity contribution in [3.63, 3.8) is 0 Å². The van der Waals surface area contributed by atoms with Crippen LogP contribution in [0.15, 0.2) is 22.7 Å². The summed E-state index contributed by atoms with van der Waals surface area (Å²) in [6.45, 7) is -0.561. The summed E-state index contributed by atoms with van der Waals surface area (Å²) in [7, 11) is 0. The highest BCUT2D eigenvalue weighted by atomic mass is 79.9. The molecule has 10 heavy (non-hydrogen) atoms. The highest BCUT2D eigenvalue weighted by molar-refractivity contribution is 9.10. The highest BCUT2D eigenvalue weighted by Gasteiger charge is 1.98. The maximum Gasteiger partial charge on any atom is 0.116 e. The molecule has 0 atom stereocenters. The Kier molecular flexibility index (Phi) is 2.27. The molecule has 0 unspecified atom stereocenters. The van der Waals surface area contributed by atoms with Crippen LogP contribution in [0.2, 0.25) is 0 Å². The lowest BCUT2D eigenvalue weighted by Crippen LogP contribution is -1.79. The van der Waals surface area contributed by atoms with Gasteiger partial charge >= 0.3 is 0 Å². The van der Waals surface area contributed by atoms with Gasteiger partial charge in [0.2, 0.25) is 0 Å². The third-order valence-electron chi connectivity index (χ3n) is 1.17. The second-order valence-corrected chi connectivity index (χ2v) is 2.76. The van der Waals surface area contributed by atoms with Gasteiger partial charge in [-0.2, -0.15) is 0 Å². The molecule has 0 saturated heterocycles. The van der Waals surface area contributed by atoms with Crippen molar-refractivity contribution >= 4 is 15.9 Å². The largest absolute Gasteiger partial charge is 0.508 e. The van der Waals surface area contributed by atoms with Gasteiger partial charge in [-0.25, -0.2) is 4.39 Å². The van der Waals surface area contributed by atoms with Crippen LogP contribution < -0.4 is 0 Å². The molecule has 1 N–H and O–H groups in total. The first kappa shape index (κ1) is 7.54. The monoisotopic (exact) mass is 204 g/mol. The van der Waals surface area contributed by atoms with Gasteiger partial charge in [-0.05, 0) is 18.2 Å². The summed E-state index contributed by atoms with van der Waals surface area (Å²) < 4.78 is 12.7. The summed E-state index contributed by atoms with van der Waals surface area (Å²) in [4.78, 5) is 0. The predicted molar refractivity (Wildman–Crippen MR) is 40.6 cm³/mol. The number of phenolic OH excluding ortho intramolecular Hbond substituents is 1. The van der Waals surface area contributed by atoms with E-state index in [-0.39, 0.29) is 5.75 Å². The zero-order chi connectivity index (χ0) is 7.56. The third-order valence-corrected chi connectivity index (χ3v) is 1.95. The maximum atomic E-state index is 12.0. The van der Waals surface area contributed by atoms with E-state index < -0.39 is 6.67 Å². The van der Waals surface area contributed by atoms with Crippen LogP contribution in [-0.2, 0) is 6.67 Å². The van der Waals surface area contributed by atoms with Crippen LogP contribution in [0.1, 0.15) is 5.56 Å². The van der Waals surface area contributed by atoms with Crippen LogP contribution in [-0.4, -0.2) is 5.11 Å². The van der Waals surface area contributed by atoms with E-state index in [4.69, 9.17) is 5.11 Å². The number of rotatable bonds is 1. The molecule has 1 nitrogen and oxygen atoms in total. The molecule has 3 heteroatoms. The minimum Gasteiger partial charge on any atom is -0.508 e. The van der Waals surface area contributed by atoms with E-state index in [1.165, 1.54) is 12.1 Å².